The smallest absolute Gasteiger partial charge is 0.264 e. The van der Waals surface area contributed by atoms with Gasteiger partial charge in [0, 0.05) is 13.1 Å². The number of carbonyl (C=O) groups is 2. The minimum Gasteiger partial charge on any atom is -0.478 e. The van der Waals surface area contributed by atoms with E-state index >= 15 is 0 Å². The van der Waals surface area contributed by atoms with Gasteiger partial charge in [0.25, 0.3) is 5.91 Å². The van der Waals surface area contributed by atoms with Crippen LogP contribution < -0.4 is 10.1 Å². The molecule has 5 nitrogen and oxygen atoms in total. The van der Waals surface area contributed by atoms with E-state index in [0.717, 1.165) is 0 Å². The van der Waals surface area contributed by atoms with Gasteiger partial charge in [-0.3, -0.25) is 9.59 Å². The number of nitrogens with one attached hydrogen (secondary N) is 1. The molecule has 2 rings (SSSR count). The van der Waals surface area contributed by atoms with Gasteiger partial charge in [0.05, 0.1) is 0 Å². The van der Waals surface area contributed by atoms with Gasteiger partial charge in [-0.2, -0.15) is 0 Å². The molecule has 20 heavy (non-hydrogen) atoms. The molecule has 2 amide bonds. The Hall–Kier alpha value is -2.11. The summed E-state index contributed by atoms with van der Waals surface area (Å²) in [5, 5.41) is 2.68. The Labute approximate surface area is 116 Å². The van der Waals surface area contributed by atoms with E-state index in [-0.39, 0.29) is 17.6 Å². The number of halogens is 1. The number of hydrogen-bond acceptors (Lipinski definition) is 3. The predicted octanol–water partition coefficient (Wildman–Crippen LogP) is 0.940. The standard InChI is InChI=1S/C14H17FN2O3/c1-9-13(18)16-7-8-17(9)14(19)10(2)20-12-6-4-3-5-11(12)15/h3-6,9-10H,7-8H2,1-2H3,(H,16,18). The van der Waals surface area contributed by atoms with Crippen LogP contribution in [-0.2, 0) is 9.59 Å². The van der Waals surface area contributed by atoms with Crippen LogP contribution >= 0.6 is 0 Å². The van der Waals surface area contributed by atoms with E-state index in [2.05, 4.69) is 5.32 Å². The average Bonchev–Trinajstić information content (AvgIpc) is 2.43. The summed E-state index contributed by atoms with van der Waals surface area (Å²) >= 11 is 0. The molecule has 1 aromatic carbocycles. The SMILES string of the molecule is CC(Oc1ccccc1F)C(=O)N1CCNC(=O)C1C. The van der Waals surface area contributed by atoms with Gasteiger partial charge in [0.1, 0.15) is 6.04 Å². The average molecular weight is 280 g/mol. The first-order valence-electron chi connectivity index (χ1n) is 6.50. The van der Waals surface area contributed by atoms with Crippen molar-refractivity contribution in [3.63, 3.8) is 0 Å². The first-order chi connectivity index (χ1) is 9.50. The number of rotatable bonds is 3. The second-order valence-electron chi connectivity index (χ2n) is 4.69. The molecular weight excluding hydrogens is 263 g/mol. The molecule has 2 unspecified atom stereocenters. The fourth-order valence-corrected chi connectivity index (χ4v) is 2.10. The van der Waals surface area contributed by atoms with Crippen molar-refractivity contribution in [3.8, 4) is 5.75 Å². The number of hydrogen-bond donors (Lipinski definition) is 1. The van der Waals surface area contributed by atoms with Crippen molar-refractivity contribution in [2.75, 3.05) is 13.1 Å². The molecule has 0 aromatic heterocycles. The van der Waals surface area contributed by atoms with Crippen LogP contribution in [0.15, 0.2) is 24.3 Å². The Balaban J connectivity index is 2.05. The number of nitrogens with zero attached hydrogens (tertiary/aromatic N) is 1. The van der Waals surface area contributed by atoms with E-state index in [4.69, 9.17) is 4.74 Å². The van der Waals surface area contributed by atoms with Crippen molar-refractivity contribution in [1.82, 2.24) is 10.2 Å². The second kappa shape index (κ2) is 5.90. The largest absolute Gasteiger partial charge is 0.478 e. The second-order valence-corrected chi connectivity index (χ2v) is 4.69. The van der Waals surface area contributed by atoms with Crippen LogP contribution in [0.2, 0.25) is 0 Å². The lowest BCUT2D eigenvalue weighted by Gasteiger charge is -2.34. The molecular formula is C14H17FN2O3. The van der Waals surface area contributed by atoms with Gasteiger partial charge in [-0.25, -0.2) is 4.39 Å². The molecule has 0 saturated carbocycles. The summed E-state index contributed by atoms with van der Waals surface area (Å²) in [7, 11) is 0. The fraction of sp³-hybridized carbons (Fsp3) is 0.429. The molecule has 1 heterocycles. The van der Waals surface area contributed by atoms with Crippen molar-refractivity contribution in [3.05, 3.63) is 30.1 Å². The molecule has 0 spiro atoms. The van der Waals surface area contributed by atoms with Crippen LogP contribution in [0, 0.1) is 5.82 Å². The summed E-state index contributed by atoms with van der Waals surface area (Å²) in [5.74, 6) is -1.00. The topological polar surface area (TPSA) is 58.6 Å². The van der Waals surface area contributed by atoms with E-state index in [0.29, 0.717) is 13.1 Å². The molecule has 1 N–H and O–H groups in total. The van der Waals surface area contributed by atoms with Gasteiger partial charge < -0.3 is 15.0 Å². The number of piperazine rings is 1. The van der Waals surface area contributed by atoms with Crippen LogP contribution in [0.4, 0.5) is 4.39 Å². The van der Waals surface area contributed by atoms with Crippen LogP contribution in [0.25, 0.3) is 0 Å². The minimum atomic E-state index is -0.847. The first kappa shape index (κ1) is 14.3. The Kier molecular flexibility index (Phi) is 4.22. The molecule has 2 atom stereocenters. The molecule has 6 heteroatoms. The van der Waals surface area contributed by atoms with Crippen LogP contribution in [0.3, 0.4) is 0 Å². The molecule has 0 radical (unpaired) electrons. The molecule has 1 aromatic rings. The van der Waals surface area contributed by atoms with Crippen LogP contribution in [0.1, 0.15) is 13.8 Å². The number of ether oxygens (including phenoxy) is 1. The summed E-state index contributed by atoms with van der Waals surface area (Å²) in [4.78, 5) is 25.3. The highest BCUT2D eigenvalue weighted by Gasteiger charge is 2.32. The third-order valence-electron chi connectivity index (χ3n) is 3.27. The summed E-state index contributed by atoms with van der Waals surface area (Å²) in [6.45, 7) is 4.05. The zero-order valence-corrected chi connectivity index (χ0v) is 11.4. The number of para-hydroxylation sites is 1. The number of amides is 2. The van der Waals surface area contributed by atoms with Gasteiger partial charge >= 0.3 is 0 Å². The predicted molar refractivity (Wildman–Crippen MR) is 70.7 cm³/mol. The van der Waals surface area contributed by atoms with Gasteiger partial charge in [-0.1, -0.05) is 12.1 Å². The highest BCUT2D eigenvalue weighted by atomic mass is 19.1. The summed E-state index contributed by atoms with van der Waals surface area (Å²) in [5.41, 5.74) is 0. The lowest BCUT2D eigenvalue weighted by atomic mass is 10.2. The van der Waals surface area contributed by atoms with E-state index in [1.54, 1.807) is 26.0 Å². The van der Waals surface area contributed by atoms with E-state index in [9.17, 15) is 14.0 Å². The quantitative estimate of drug-likeness (QED) is 0.896. The zero-order valence-electron chi connectivity index (χ0n) is 11.4. The third kappa shape index (κ3) is 2.89. The molecule has 1 aliphatic rings. The highest BCUT2D eigenvalue weighted by molar-refractivity contribution is 5.90. The first-order valence-corrected chi connectivity index (χ1v) is 6.50. The lowest BCUT2D eigenvalue weighted by molar-refractivity contribution is -0.147. The molecule has 1 saturated heterocycles. The third-order valence-corrected chi connectivity index (χ3v) is 3.27. The van der Waals surface area contributed by atoms with Crippen molar-refractivity contribution < 1.29 is 18.7 Å². The van der Waals surface area contributed by atoms with Gasteiger partial charge in [0.2, 0.25) is 5.91 Å². The van der Waals surface area contributed by atoms with E-state index < -0.39 is 18.0 Å². The van der Waals surface area contributed by atoms with Gasteiger partial charge in [-0.05, 0) is 26.0 Å². The normalized spacial score (nSPS) is 20.2. The van der Waals surface area contributed by atoms with Crippen molar-refractivity contribution in [2.45, 2.75) is 26.0 Å². The van der Waals surface area contributed by atoms with E-state index in [1.165, 1.54) is 17.0 Å². The van der Waals surface area contributed by atoms with E-state index in [1.807, 2.05) is 0 Å². The minimum absolute atomic E-state index is 0.0301. The van der Waals surface area contributed by atoms with Crippen LogP contribution in [-0.4, -0.2) is 41.9 Å². The maximum atomic E-state index is 13.5. The highest BCUT2D eigenvalue weighted by Crippen LogP contribution is 2.18. The monoisotopic (exact) mass is 280 g/mol. The Bertz CT molecular complexity index is 521. The van der Waals surface area contributed by atoms with Crippen molar-refractivity contribution in [1.29, 1.82) is 0 Å². The van der Waals surface area contributed by atoms with Gasteiger partial charge in [-0.15, -0.1) is 0 Å². The Morgan fingerprint density at radius 1 is 1.50 bits per heavy atom. The molecule has 1 aliphatic heterocycles. The molecule has 0 aliphatic carbocycles. The number of benzene rings is 1. The summed E-state index contributed by atoms with van der Waals surface area (Å²) < 4.78 is 18.8. The van der Waals surface area contributed by atoms with Crippen molar-refractivity contribution in [2.24, 2.45) is 0 Å². The lowest BCUT2D eigenvalue weighted by Crippen LogP contribution is -2.58. The molecule has 1 fully saturated rings. The maximum absolute atomic E-state index is 13.5. The fourth-order valence-electron chi connectivity index (χ4n) is 2.10. The Morgan fingerprint density at radius 2 is 2.20 bits per heavy atom. The number of carbonyl (C=O) groups excluding carboxylic acids is 2. The summed E-state index contributed by atoms with van der Waals surface area (Å²) in [6, 6.07) is 5.37. The Morgan fingerprint density at radius 3 is 2.90 bits per heavy atom. The molecule has 108 valence electrons. The van der Waals surface area contributed by atoms with Crippen molar-refractivity contribution >= 4 is 11.8 Å². The van der Waals surface area contributed by atoms with Crippen LogP contribution in [0.5, 0.6) is 5.75 Å². The van der Waals surface area contributed by atoms with Gasteiger partial charge in [0.15, 0.2) is 17.7 Å². The maximum Gasteiger partial charge on any atom is 0.264 e. The summed E-state index contributed by atoms with van der Waals surface area (Å²) in [6.07, 6.45) is -0.847. The zero-order chi connectivity index (χ0) is 14.7. The molecule has 0 bridgehead atoms.